The molecule has 6 rings (SSSR count). The summed E-state index contributed by atoms with van der Waals surface area (Å²) < 4.78 is 28.6. The van der Waals surface area contributed by atoms with Gasteiger partial charge in [0.25, 0.3) is 0 Å². The summed E-state index contributed by atoms with van der Waals surface area (Å²) in [6.45, 7) is 3.34. The summed E-state index contributed by atoms with van der Waals surface area (Å²) >= 11 is 12.2. The van der Waals surface area contributed by atoms with Crippen molar-refractivity contribution in [3.05, 3.63) is 68.2 Å². The van der Waals surface area contributed by atoms with Crippen molar-refractivity contribution in [1.29, 1.82) is 0 Å². The Morgan fingerprint density at radius 3 is 2.50 bits per heavy atom. The van der Waals surface area contributed by atoms with Gasteiger partial charge in [0.2, 0.25) is 10.0 Å². The molecule has 1 unspecified atom stereocenters. The van der Waals surface area contributed by atoms with Crippen molar-refractivity contribution in [1.82, 2.24) is 4.31 Å². The van der Waals surface area contributed by atoms with Gasteiger partial charge in [-0.1, -0.05) is 48.3 Å². The fourth-order valence-electron chi connectivity index (χ4n) is 6.93. The van der Waals surface area contributed by atoms with Gasteiger partial charge >= 0.3 is 0 Å². The van der Waals surface area contributed by atoms with Crippen LogP contribution in [0, 0.1) is 5.41 Å². The van der Waals surface area contributed by atoms with E-state index in [4.69, 9.17) is 23.2 Å². The van der Waals surface area contributed by atoms with Gasteiger partial charge in [0, 0.05) is 18.5 Å². The molecule has 1 atom stereocenters. The number of benzene rings is 2. The maximum Gasteiger partial charge on any atom is 0.218 e. The van der Waals surface area contributed by atoms with Crippen molar-refractivity contribution in [3.8, 4) is 0 Å². The van der Waals surface area contributed by atoms with Crippen LogP contribution in [0.4, 0.5) is 0 Å². The van der Waals surface area contributed by atoms with Crippen LogP contribution < -0.4 is 0 Å². The smallest absolute Gasteiger partial charge is 0.212 e. The fraction of sp³-hybridized carbons (Fsp3) is 0.538. The molecule has 32 heavy (non-hydrogen) atoms. The SMILES string of the molecule is CCc1ccc2c3c1C1(CC1)C1(CC1)CC3CCN(S(=O)(=O)Cc1ccc(Cl)c(Cl)c1)C2. The second kappa shape index (κ2) is 7.21. The molecule has 3 nitrogen and oxygen atoms in total. The molecule has 2 saturated carbocycles. The van der Waals surface area contributed by atoms with Crippen LogP contribution in [0.15, 0.2) is 30.3 Å². The van der Waals surface area contributed by atoms with Gasteiger partial charge in [0.1, 0.15) is 0 Å². The number of halogens is 2. The molecule has 2 aromatic rings. The number of hydrogen-bond acceptors (Lipinski definition) is 2. The normalized spacial score (nSPS) is 24.9. The van der Waals surface area contributed by atoms with E-state index in [0.29, 0.717) is 45.4 Å². The standard InChI is InChI=1S/C26H29Cl2NO2S/c1-2-18-4-5-20-15-29(32(30,31)16-17-3-6-21(27)22(28)13-17)12-7-19-14-25(8-9-25)26(10-11-26)24(18)23(19)20/h3-6,13,19H,2,7-12,14-16H2,1H3. The zero-order chi connectivity index (χ0) is 22.3. The Morgan fingerprint density at radius 2 is 1.84 bits per heavy atom. The molecular formula is C26H29Cl2NO2S. The van der Waals surface area contributed by atoms with Crippen LogP contribution in [0.1, 0.15) is 79.2 Å². The number of rotatable bonds is 4. The zero-order valence-electron chi connectivity index (χ0n) is 18.5. The van der Waals surface area contributed by atoms with E-state index in [9.17, 15) is 8.42 Å². The molecule has 2 spiro atoms. The van der Waals surface area contributed by atoms with Gasteiger partial charge in [-0.25, -0.2) is 8.42 Å². The second-order valence-electron chi connectivity index (χ2n) is 10.4. The Kier molecular flexibility index (Phi) is 4.84. The van der Waals surface area contributed by atoms with Crippen molar-refractivity contribution >= 4 is 33.2 Å². The maximum atomic E-state index is 13.5. The van der Waals surface area contributed by atoms with Gasteiger partial charge < -0.3 is 0 Å². The van der Waals surface area contributed by atoms with E-state index in [1.807, 2.05) is 0 Å². The summed E-state index contributed by atoms with van der Waals surface area (Å²) in [5, 5.41) is 0.841. The van der Waals surface area contributed by atoms with Crippen LogP contribution >= 0.6 is 23.2 Å². The van der Waals surface area contributed by atoms with Crippen LogP contribution in [-0.2, 0) is 34.2 Å². The van der Waals surface area contributed by atoms with Gasteiger partial charge in [-0.05, 0) is 96.2 Å². The Balaban J connectivity index is 1.37. The minimum Gasteiger partial charge on any atom is -0.212 e. The number of hydrogen-bond donors (Lipinski definition) is 0. The summed E-state index contributed by atoms with van der Waals surface area (Å²) in [7, 11) is -3.47. The van der Waals surface area contributed by atoms with Crippen molar-refractivity contribution < 1.29 is 8.42 Å². The van der Waals surface area contributed by atoms with Crippen LogP contribution in [-0.4, -0.2) is 19.3 Å². The highest BCUT2D eigenvalue weighted by molar-refractivity contribution is 7.88. The van der Waals surface area contributed by atoms with Gasteiger partial charge in [-0.3, -0.25) is 0 Å². The van der Waals surface area contributed by atoms with Gasteiger partial charge in [0.05, 0.1) is 15.8 Å². The maximum absolute atomic E-state index is 13.5. The van der Waals surface area contributed by atoms with Crippen molar-refractivity contribution in [2.75, 3.05) is 6.54 Å². The summed E-state index contributed by atoms with van der Waals surface area (Å²) in [6.07, 6.45) is 8.59. The minimum absolute atomic E-state index is 0.0440. The topological polar surface area (TPSA) is 37.4 Å². The first kappa shape index (κ1) is 21.5. The van der Waals surface area contributed by atoms with E-state index in [2.05, 4.69) is 19.1 Å². The molecule has 0 radical (unpaired) electrons. The molecule has 2 fully saturated rings. The number of sulfonamides is 1. The highest BCUT2D eigenvalue weighted by Crippen LogP contribution is 2.77. The van der Waals surface area contributed by atoms with Crippen molar-refractivity contribution in [2.45, 2.75) is 75.5 Å². The van der Waals surface area contributed by atoms with Crippen LogP contribution in [0.3, 0.4) is 0 Å². The second-order valence-corrected chi connectivity index (χ2v) is 13.2. The van der Waals surface area contributed by atoms with E-state index in [-0.39, 0.29) is 5.75 Å². The third kappa shape index (κ3) is 3.13. The molecule has 1 aliphatic heterocycles. The van der Waals surface area contributed by atoms with E-state index in [0.717, 1.165) is 12.8 Å². The summed E-state index contributed by atoms with van der Waals surface area (Å²) in [5.41, 5.74) is 7.47. The minimum atomic E-state index is -3.47. The lowest BCUT2D eigenvalue weighted by Gasteiger charge is -2.41. The molecule has 0 aromatic heterocycles. The van der Waals surface area contributed by atoms with E-state index >= 15 is 0 Å². The molecule has 0 bridgehead atoms. The van der Waals surface area contributed by atoms with Gasteiger partial charge in [-0.2, -0.15) is 4.31 Å². The van der Waals surface area contributed by atoms with E-state index in [1.165, 1.54) is 48.8 Å². The van der Waals surface area contributed by atoms with E-state index in [1.54, 1.807) is 28.1 Å². The lowest BCUT2D eigenvalue weighted by Crippen LogP contribution is -2.33. The largest absolute Gasteiger partial charge is 0.218 e. The van der Waals surface area contributed by atoms with Crippen LogP contribution in [0.2, 0.25) is 10.0 Å². The summed E-state index contributed by atoms with van der Waals surface area (Å²) in [6, 6.07) is 9.62. The lowest BCUT2D eigenvalue weighted by molar-refractivity contribution is 0.280. The predicted octanol–water partition coefficient (Wildman–Crippen LogP) is 6.59. The molecule has 3 aliphatic carbocycles. The summed E-state index contributed by atoms with van der Waals surface area (Å²) in [4.78, 5) is 0. The lowest BCUT2D eigenvalue weighted by atomic mass is 9.62. The predicted molar refractivity (Wildman–Crippen MR) is 130 cm³/mol. The number of fused-ring (bicyclic) bond motifs is 2. The van der Waals surface area contributed by atoms with Gasteiger partial charge in [0.15, 0.2) is 0 Å². The number of nitrogens with zero attached hydrogens (tertiary/aromatic N) is 1. The Labute approximate surface area is 201 Å². The van der Waals surface area contributed by atoms with Crippen molar-refractivity contribution in [3.63, 3.8) is 0 Å². The quantitative estimate of drug-likeness (QED) is 0.485. The molecule has 6 heteroatoms. The molecule has 170 valence electrons. The first-order valence-corrected chi connectivity index (χ1v) is 14.2. The molecule has 0 saturated heterocycles. The zero-order valence-corrected chi connectivity index (χ0v) is 20.8. The molecule has 0 amide bonds. The number of aryl methyl sites for hydroxylation is 1. The summed E-state index contributed by atoms with van der Waals surface area (Å²) in [5.74, 6) is 0.447. The molecule has 4 aliphatic rings. The Morgan fingerprint density at radius 1 is 1.06 bits per heavy atom. The van der Waals surface area contributed by atoms with Crippen LogP contribution in [0.5, 0.6) is 0 Å². The van der Waals surface area contributed by atoms with Gasteiger partial charge in [-0.15, -0.1) is 0 Å². The molecule has 0 N–H and O–H groups in total. The Bertz CT molecular complexity index is 1210. The van der Waals surface area contributed by atoms with Crippen LogP contribution in [0.25, 0.3) is 0 Å². The highest BCUT2D eigenvalue weighted by Gasteiger charge is 2.69. The average molecular weight is 490 g/mol. The third-order valence-corrected chi connectivity index (χ3v) is 11.3. The van der Waals surface area contributed by atoms with E-state index < -0.39 is 10.0 Å². The monoisotopic (exact) mass is 489 g/mol. The Hall–Kier alpha value is -1.07. The first-order valence-electron chi connectivity index (χ1n) is 11.9. The third-order valence-electron chi connectivity index (χ3n) is 8.75. The molecule has 1 heterocycles. The molecular weight excluding hydrogens is 461 g/mol. The first-order chi connectivity index (χ1) is 15.3. The average Bonchev–Trinajstić information content (AvgIpc) is 3.65. The highest BCUT2D eigenvalue weighted by atomic mass is 35.5. The fourth-order valence-corrected chi connectivity index (χ4v) is 8.75. The van der Waals surface area contributed by atoms with Crippen molar-refractivity contribution in [2.24, 2.45) is 5.41 Å². The molecule has 2 aromatic carbocycles.